The van der Waals surface area contributed by atoms with Crippen LogP contribution < -0.4 is 16.0 Å². The number of aryl methyl sites for hydroxylation is 1. The van der Waals surface area contributed by atoms with Crippen molar-refractivity contribution in [2.75, 3.05) is 42.3 Å². The van der Waals surface area contributed by atoms with Gasteiger partial charge in [0.25, 0.3) is 0 Å². The maximum atomic E-state index is 6.21. The second-order valence-electron chi connectivity index (χ2n) is 7.35. The fourth-order valence-corrected chi connectivity index (χ4v) is 3.66. The zero-order valence-corrected chi connectivity index (χ0v) is 16.7. The van der Waals surface area contributed by atoms with E-state index in [9.17, 15) is 0 Å². The minimum atomic E-state index is 0.578. The first-order valence-electron chi connectivity index (χ1n) is 9.96. The highest BCUT2D eigenvalue weighted by Crippen LogP contribution is 2.31. The summed E-state index contributed by atoms with van der Waals surface area (Å²) in [5, 5.41) is 11.5. The molecule has 3 heterocycles. The third-order valence-electron chi connectivity index (χ3n) is 5.21. The standard InChI is InChI=1S/C22H23N7O/c1-14-12-20(28-27-14)25-22-17-7-6-15(29-8-10-30-11-9-29)13-19(17)24-21(26-22)16-4-2-3-5-18(16)23/h2-7,12-13H,8-11,23H2,1H3,(H2,24,25,26,27,28). The molecule has 0 bridgehead atoms. The molecule has 1 saturated heterocycles. The fourth-order valence-electron chi connectivity index (χ4n) is 3.66. The summed E-state index contributed by atoms with van der Waals surface area (Å²) in [7, 11) is 0. The number of benzene rings is 2. The van der Waals surface area contributed by atoms with Gasteiger partial charge in [0.05, 0.1) is 18.7 Å². The van der Waals surface area contributed by atoms with E-state index in [4.69, 9.17) is 20.4 Å². The van der Waals surface area contributed by atoms with Crippen LogP contribution in [-0.2, 0) is 4.74 Å². The highest BCUT2D eigenvalue weighted by Gasteiger charge is 2.16. The summed E-state index contributed by atoms with van der Waals surface area (Å²) in [6, 6.07) is 15.8. The van der Waals surface area contributed by atoms with Gasteiger partial charge >= 0.3 is 0 Å². The first-order chi connectivity index (χ1) is 14.7. The van der Waals surface area contributed by atoms with Gasteiger partial charge in [0.15, 0.2) is 11.6 Å². The van der Waals surface area contributed by atoms with Crippen LogP contribution >= 0.6 is 0 Å². The number of rotatable bonds is 4. The number of H-pyrrole nitrogens is 1. The molecule has 0 spiro atoms. The molecule has 0 unspecified atom stereocenters. The molecule has 4 aromatic rings. The van der Waals surface area contributed by atoms with Gasteiger partial charge in [-0.1, -0.05) is 12.1 Å². The molecule has 1 aliphatic heterocycles. The zero-order valence-electron chi connectivity index (χ0n) is 16.7. The van der Waals surface area contributed by atoms with Crippen molar-refractivity contribution in [2.24, 2.45) is 0 Å². The van der Waals surface area contributed by atoms with E-state index in [0.717, 1.165) is 54.2 Å². The maximum Gasteiger partial charge on any atom is 0.164 e. The molecule has 8 heteroatoms. The quantitative estimate of drug-likeness (QED) is 0.450. The Bertz CT molecular complexity index is 1200. The number of fused-ring (bicyclic) bond motifs is 1. The van der Waals surface area contributed by atoms with Crippen LogP contribution in [0, 0.1) is 6.92 Å². The van der Waals surface area contributed by atoms with Gasteiger partial charge in [0.1, 0.15) is 5.82 Å². The van der Waals surface area contributed by atoms with Gasteiger partial charge in [0.2, 0.25) is 0 Å². The summed E-state index contributed by atoms with van der Waals surface area (Å²) < 4.78 is 5.49. The summed E-state index contributed by atoms with van der Waals surface area (Å²) in [6.45, 7) is 5.16. The molecule has 1 aliphatic rings. The lowest BCUT2D eigenvalue weighted by Crippen LogP contribution is -2.36. The van der Waals surface area contributed by atoms with E-state index in [0.29, 0.717) is 23.1 Å². The Hall–Kier alpha value is -3.65. The molecule has 1 fully saturated rings. The van der Waals surface area contributed by atoms with Crippen LogP contribution in [0.25, 0.3) is 22.3 Å². The number of hydrogen-bond donors (Lipinski definition) is 3. The van der Waals surface area contributed by atoms with Crippen molar-refractivity contribution in [2.45, 2.75) is 6.92 Å². The van der Waals surface area contributed by atoms with Gasteiger partial charge in [-0.25, -0.2) is 9.97 Å². The Balaban J connectivity index is 1.64. The van der Waals surface area contributed by atoms with Crippen LogP contribution in [0.4, 0.5) is 23.0 Å². The molecule has 0 aliphatic carbocycles. The van der Waals surface area contributed by atoms with E-state index in [2.05, 4.69) is 38.6 Å². The van der Waals surface area contributed by atoms with Gasteiger partial charge in [-0.05, 0) is 37.3 Å². The molecule has 30 heavy (non-hydrogen) atoms. The number of anilines is 4. The van der Waals surface area contributed by atoms with Gasteiger partial charge in [0, 0.05) is 47.2 Å². The molecule has 0 atom stereocenters. The number of nitrogens with zero attached hydrogens (tertiary/aromatic N) is 4. The predicted octanol–water partition coefficient (Wildman–Crippen LogP) is 3.49. The Morgan fingerprint density at radius 1 is 1.07 bits per heavy atom. The first-order valence-corrected chi connectivity index (χ1v) is 9.96. The van der Waals surface area contributed by atoms with E-state index < -0.39 is 0 Å². The number of aromatic nitrogens is 4. The first kappa shape index (κ1) is 18.4. The summed E-state index contributed by atoms with van der Waals surface area (Å²) in [5.41, 5.74) is 10.6. The second kappa shape index (κ2) is 7.64. The molecule has 0 radical (unpaired) electrons. The summed E-state index contributed by atoms with van der Waals surface area (Å²) in [4.78, 5) is 12.0. The monoisotopic (exact) mass is 401 g/mol. The van der Waals surface area contributed by atoms with Crippen LogP contribution in [0.3, 0.4) is 0 Å². The van der Waals surface area contributed by atoms with Crippen molar-refractivity contribution < 1.29 is 4.74 Å². The molecule has 2 aromatic heterocycles. The minimum absolute atomic E-state index is 0.578. The lowest BCUT2D eigenvalue weighted by atomic mass is 10.1. The summed E-state index contributed by atoms with van der Waals surface area (Å²) >= 11 is 0. The van der Waals surface area contributed by atoms with E-state index in [1.165, 1.54) is 0 Å². The molecule has 5 rings (SSSR count). The lowest BCUT2D eigenvalue weighted by molar-refractivity contribution is 0.122. The van der Waals surface area contributed by atoms with Crippen LogP contribution in [0.2, 0.25) is 0 Å². The Labute approximate surface area is 174 Å². The fraction of sp³-hybridized carbons (Fsp3) is 0.227. The average molecular weight is 401 g/mol. The van der Waals surface area contributed by atoms with Crippen LogP contribution in [-0.4, -0.2) is 46.5 Å². The zero-order chi connectivity index (χ0) is 20.5. The Morgan fingerprint density at radius 3 is 2.67 bits per heavy atom. The van der Waals surface area contributed by atoms with E-state index in [-0.39, 0.29) is 0 Å². The van der Waals surface area contributed by atoms with Crippen molar-refractivity contribution >= 4 is 33.9 Å². The van der Waals surface area contributed by atoms with Gasteiger partial charge in [-0.3, -0.25) is 5.10 Å². The molecular weight excluding hydrogens is 378 g/mol. The minimum Gasteiger partial charge on any atom is -0.398 e. The number of hydrogen-bond acceptors (Lipinski definition) is 7. The van der Waals surface area contributed by atoms with Crippen molar-refractivity contribution in [1.82, 2.24) is 20.2 Å². The van der Waals surface area contributed by atoms with E-state index >= 15 is 0 Å². The van der Waals surface area contributed by atoms with Gasteiger partial charge in [-0.15, -0.1) is 0 Å². The van der Waals surface area contributed by atoms with E-state index in [1.54, 1.807) is 0 Å². The molecule has 152 valence electrons. The summed E-state index contributed by atoms with van der Waals surface area (Å²) in [5.74, 6) is 1.98. The van der Waals surface area contributed by atoms with Crippen molar-refractivity contribution in [3.8, 4) is 11.4 Å². The molecule has 4 N–H and O–H groups in total. The SMILES string of the molecule is Cc1cc(Nc2nc(-c3ccccc3N)nc3cc(N4CCOCC4)ccc23)n[nH]1. The number of aromatic amines is 1. The average Bonchev–Trinajstić information content (AvgIpc) is 3.18. The van der Waals surface area contributed by atoms with Gasteiger partial charge in [-0.2, -0.15) is 5.10 Å². The van der Waals surface area contributed by atoms with Crippen LogP contribution in [0.1, 0.15) is 5.69 Å². The largest absolute Gasteiger partial charge is 0.398 e. The number of ether oxygens (including phenoxy) is 1. The lowest BCUT2D eigenvalue weighted by Gasteiger charge is -2.29. The Morgan fingerprint density at radius 2 is 1.90 bits per heavy atom. The highest BCUT2D eigenvalue weighted by atomic mass is 16.5. The van der Waals surface area contributed by atoms with Crippen molar-refractivity contribution in [1.29, 1.82) is 0 Å². The van der Waals surface area contributed by atoms with E-state index in [1.807, 2.05) is 37.3 Å². The second-order valence-corrected chi connectivity index (χ2v) is 7.35. The molecule has 0 amide bonds. The number of morpholine rings is 1. The number of nitrogens with two attached hydrogens (primary N) is 1. The van der Waals surface area contributed by atoms with Gasteiger partial charge < -0.3 is 20.7 Å². The third-order valence-corrected chi connectivity index (χ3v) is 5.21. The smallest absolute Gasteiger partial charge is 0.164 e. The maximum absolute atomic E-state index is 6.21. The normalized spacial score (nSPS) is 14.2. The molecular formula is C22H23N7O. The highest BCUT2D eigenvalue weighted by molar-refractivity contribution is 5.94. The molecule has 0 saturated carbocycles. The van der Waals surface area contributed by atoms with Crippen LogP contribution in [0.15, 0.2) is 48.5 Å². The van der Waals surface area contributed by atoms with Crippen molar-refractivity contribution in [3.63, 3.8) is 0 Å². The number of para-hydroxylation sites is 1. The predicted molar refractivity (Wildman–Crippen MR) is 119 cm³/mol. The number of nitrogen functional groups attached to an aromatic ring is 1. The topological polar surface area (TPSA) is 105 Å². The van der Waals surface area contributed by atoms with Crippen LogP contribution in [0.5, 0.6) is 0 Å². The third kappa shape index (κ3) is 3.53. The molecule has 2 aromatic carbocycles. The van der Waals surface area contributed by atoms with Crippen molar-refractivity contribution in [3.05, 3.63) is 54.2 Å². The Kier molecular flexibility index (Phi) is 4.68. The number of nitrogens with one attached hydrogen (secondary N) is 2. The molecule has 8 nitrogen and oxygen atoms in total. The summed E-state index contributed by atoms with van der Waals surface area (Å²) in [6.07, 6.45) is 0.